The van der Waals surface area contributed by atoms with Crippen LogP contribution in [0.15, 0.2) is 48.5 Å². The Balaban J connectivity index is 2.14. The molecule has 2 nitrogen and oxygen atoms in total. The molecule has 0 spiro atoms. The molecule has 0 aliphatic carbocycles. The van der Waals surface area contributed by atoms with E-state index < -0.39 is 11.6 Å². The minimum absolute atomic E-state index is 0.145. The van der Waals surface area contributed by atoms with Gasteiger partial charge in [0.1, 0.15) is 5.82 Å². The second-order valence-corrected chi connectivity index (χ2v) is 4.10. The third kappa shape index (κ3) is 3.29. The van der Waals surface area contributed by atoms with E-state index in [2.05, 4.69) is 0 Å². The van der Waals surface area contributed by atoms with Gasteiger partial charge in [0.2, 0.25) is 0 Å². The Morgan fingerprint density at radius 3 is 2.40 bits per heavy atom. The van der Waals surface area contributed by atoms with Gasteiger partial charge in [0.15, 0.2) is 17.3 Å². The van der Waals surface area contributed by atoms with E-state index in [9.17, 15) is 13.6 Å². The smallest absolute Gasteiger partial charge is 0.185 e. The van der Waals surface area contributed by atoms with E-state index in [1.54, 1.807) is 6.07 Å². The normalized spacial score (nSPS) is 10.8. The molecule has 2 aromatic rings. The molecule has 0 saturated heterocycles. The van der Waals surface area contributed by atoms with Crippen molar-refractivity contribution in [1.29, 1.82) is 0 Å². The summed E-state index contributed by atoms with van der Waals surface area (Å²) in [5, 5.41) is 0. The Hall–Kier alpha value is -2.49. The van der Waals surface area contributed by atoms with E-state index in [4.69, 9.17) is 4.74 Å². The topological polar surface area (TPSA) is 26.3 Å². The molecule has 4 heteroatoms. The third-order valence-electron chi connectivity index (χ3n) is 2.73. The van der Waals surface area contributed by atoms with Gasteiger partial charge in [-0.2, -0.15) is 0 Å². The summed E-state index contributed by atoms with van der Waals surface area (Å²) in [6.45, 7) is 0. The number of carbonyl (C=O) groups excluding carboxylic acids is 1. The maximum absolute atomic E-state index is 13.5. The summed E-state index contributed by atoms with van der Waals surface area (Å²) in [6, 6.07) is 9.62. The summed E-state index contributed by atoms with van der Waals surface area (Å²) in [4.78, 5) is 11.8. The van der Waals surface area contributed by atoms with Crippen LogP contribution in [0, 0.1) is 11.6 Å². The van der Waals surface area contributed by atoms with Crippen molar-refractivity contribution < 1.29 is 18.3 Å². The fourth-order valence-corrected chi connectivity index (χ4v) is 1.67. The maximum atomic E-state index is 13.5. The summed E-state index contributed by atoms with van der Waals surface area (Å²) in [6.07, 6.45) is 2.81. The number of allylic oxidation sites excluding steroid dienone is 1. The first-order valence-corrected chi connectivity index (χ1v) is 5.91. The van der Waals surface area contributed by atoms with E-state index in [-0.39, 0.29) is 11.5 Å². The Kier molecular flexibility index (Phi) is 4.25. The van der Waals surface area contributed by atoms with Crippen LogP contribution in [-0.4, -0.2) is 12.9 Å². The van der Waals surface area contributed by atoms with Gasteiger partial charge in [0.25, 0.3) is 0 Å². The number of hydrogen-bond donors (Lipinski definition) is 0. The first-order chi connectivity index (χ1) is 9.60. The van der Waals surface area contributed by atoms with Crippen molar-refractivity contribution in [2.24, 2.45) is 0 Å². The second kappa shape index (κ2) is 6.10. The van der Waals surface area contributed by atoms with Crippen LogP contribution in [0.4, 0.5) is 8.78 Å². The van der Waals surface area contributed by atoms with Gasteiger partial charge < -0.3 is 4.74 Å². The van der Waals surface area contributed by atoms with Crippen LogP contribution in [0.5, 0.6) is 5.75 Å². The highest BCUT2D eigenvalue weighted by atomic mass is 19.1. The number of benzene rings is 2. The van der Waals surface area contributed by atoms with Crippen LogP contribution < -0.4 is 4.74 Å². The number of carbonyl (C=O) groups is 1. The molecule has 0 bridgehead atoms. The van der Waals surface area contributed by atoms with Crippen molar-refractivity contribution >= 4 is 11.9 Å². The van der Waals surface area contributed by atoms with Crippen molar-refractivity contribution in [2.45, 2.75) is 0 Å². The molecule has 0 aliphatic heterocycles. The zero-order chi connectivity index (χ0) is 14.5. The number of halogens is 2. The van der Waals surface area contributed by atoms with Crippen LogP contribution in [0.2, 0.25) is 0 Å². The molecule has 2 rings (SSSR count). The van der Waals surface area contributed by atoms with Crippen LogP contribution >= 0.6 is 0 Å². The quantitative estimate of drug-likeness (QED) is 0.625. The monoisotopic (exact) mass is 274 g/mol. The van der Waals surface area contributed by atoms with Crippen molar-refractivity contribution in [3.63, 3.8) is 0 Å². The van der Waals surface area contributed by atoms with Gasteiger partial charge in [-0.25, -0.2) is 8.78 Å². The molecule has 0 aromatic heterocycles. The molecule has 0 fully saturated rings. The lowest BCUT2D eigenvalue weighted by Gasteiger charge is -2.01. The predicted octanol–water partition coefficient (Wildman–Crippen LogP) is 3.87. The molecule has 102 valence electrons. The number of rotatable bonds is 4. The van der Waals surface area contributed by atoms with Crippen LogP contribution in [0.1, 0.15) is 15.9 Å². The van der Waals surface area contributed by atoms with Gasteiger partial charge in [-0.05, 0) is 48.0 Å². The molecule has 0 amide bonds. The van der Waals surface area contributed by atoms with Crippen LogP contribution in [-0.2, 0) is 0 Å². The number of ether oxygens (including phenoxy) is 1. The van der Waals surface area contributed by atoms with Gasteiger partial charge in [0.05, 0.1) is 7.11 Å². The largest absolute Gasteiger partial charge is 0.494 e. The van der Waals surface area contributed by atoms with Gasteiger partial charge >= 0.3 is 0 Å². The van der Waals surface area contributed by atoms with Crippen molar-refractivity contribution in [1.82, 2.24) is 0 Å². The predicted molar refractivity (Wildman–Crippen MR) is 72.7 cm³/mol. The highest BCUT2D eigenvalue weighted by molar-refractivity contribution is 6.06. The molecular formula is C16H12F2O2. The Labute approximate surface area is 115 Å². The van der Waals surface area contributed by atoms with Gasteiger partial charge in [-0.15, -0.1) is 0 Å². The molecule has 0 heterocycles. The molecule has 20 heavy (non-hydrogen) atoms. The lowest BCUT2D eigenvalue weighted by atomic mass is 10.1. The minimum atomic E-state index is -0.496. The SMILES string of the molecule is COc1ccc(/C=C/C(=O)c2ccc(F)cc2)cc1F. The molecular weight excluding hydrogens is 262 g/mol. The third-order valence-corrected chi connectivity index (χ3v) is 2.73. The zero-order valence-corrected chi connectivity index (χ0v) is 10.8. The number of methoxy groups -OCH3 is 1. The van der Waals surface area contributed by atoms with E-state index in [1.807, 2.05) is 0 Å². The highest BCUT2D eigenvalue weighted by Crippen LogP contribution is 2.18. The van der Waals surface area contributed by atoms with E-state index in [0.717, 1.165) is 0 Å². The molecule has 0 N–H and O–H groups in total. The highest BCUT2D eigenvalue weighted by Gasteiger charge is 2.03. The lowest BCUT2D eigenvalue weighted by molar-refractivity contribution is 0.104. The van der Waals surface area contributed by atoms with Gasteiger partial charge in [-0.3, -0.25) is 4.79 Å². The summed E-state index contributed by atoms with van der Waals surface area (Å²) in [5.74, 6) is -1.03. The molecule has 0 aliphatic rings. The Morgan fingerprint density at radius 2 is 1.80 bits per heavy atom. The van der Waals surface area contributed by atoms with Gasteiger partial charge in [0, 0.05) is 5.56 Å². The van der Waals surface area contributed by atoms with Crippen LogP contribution in [0.25, 0.3) is 6.08 Å². The van der Waals surface area contributed by atoms with Crippen molar-refractivity contribution in [2.75, 3.05) is 7.11 Å². The standard InChI is InChI=1S/C16H12F2O2/c1-20-16-9-3-11(10-14(16)18)2-8-15(19)12-4-6-13(17)7-5-12/h2-10H,1H3/b8-2+. The maximum Gasteiger partial charge on any atom is 0.185 e. The van der Waals surface area contributed by atoms with Crippen molar-refractivity contribution in [3.05, 3.63) is 71.3 Å². The van der Waals surface area contributed by atoms with E-state index >= 15 is 0 Å². The lowest BCUT2D eigenvalue weighted by Crippen LogP contribution is -1.94. The average molecular weight is 274 g/mol. The summed E-state index contributed by atoms with van der Waals surface area (Å²) in [7, 11) is 1.38. The molecule has 0 radical (unpaired) electrons. The molecule has 0 saturated carbocycles. The first-order valence-electron chi connectivity index (χ1n) is 5.91. The Morgan fingerprint density at radius 1 is 1.10 bits per heavy atom. The molecule has 0 unspecified atom stereocenters. The van der Waals surface area contributed by atoms with E-state index in [0.29, 0.717) is 11.1 Å². The Bertz CT molecular complexity index is 646. The van der Waals surface area contributed by atoms with Crippen LogP contribution in [0.3, 0.4) is 0 Å². The van der Waals surface area contributed by atoms with Gasteiger partial charge in [-0.1, -0.05) is 12.1 Å². The van der Waals surface area contributed by atoms with Crippen molar-refractivity contribution in [3.8, 4) is 5.75 Å². The summed E-state index contributed by atoms with van der Waals surface area (Å²) < 4.78 is 31.0. The minimum Gasteiger partial charge on any atom is -0.494 e. The molecule has 0 atom stereocenters. The average Bonchev–Trinajstić information content (AvgIpc) is 2.45. The fraction of sp³-hybridized carbons (Fsp3) is 0.0625. The fourth-order valence-electron chi connectivity index (χ4n) is 1.67. The summed E-state index contributed by atoms with van der Waals surface area (Å²) >= 11 is 0. The first kappa shape index (κ1) is 13.9. The summed E-state index contributed by atoms with van der Waals surface area (Å²) in [5.41, 5.74) is 0.912. The number of ketones is 1. The second-order valence-electron chi connectivity index (χ2n) is 4.10. The number of hydrogen-bond acceptors (Lipinski definition) is 2. The zero-order valence-electron chi connectivity index (χ0n) is 10.8. The van der Waals surface area contributed by atoms with E-state index in [1.165, 1.54) is 55.7 Å². The molecule has 2 aromatic carbocycles.